The van der Waals surface area contributed by atoms with Gasteiger partial charge in [0.05, 0.1) is 6.07 Å². The van der Waals surface area contributed by atoms with Crippen LogP contribution in [-0.4, -0.2) is 48.2 Å². The number of amides is 2. The molecule has 2 rings (SSSR count). The fraction of sp³-hybridized carbons (Fsp3) is 0.471. The number of carbonyl (C=O) groups excluding carboxylic acids is 1. The van der Waals surface area contributed by atoms with E-state index in [4.69, 9.17) is 10.4 Å². The van der Waals surface area contributed by atoms with E-state index in [9.17, 15) is 9.59 Å². The molecule has 1 heterocycles. The highest BCUT2D eigenvalue weighted by molar-refractivity contribution is 5.96. The lowest BCUT2D eigenvalue weighted by molar-refractivity contribution is -0.118. The SMILES string of the molecule is CN1CCc2ccc(NC(=O)C(CCC#N)NC(=O)O)cc2CC1. The molecule has 0 bridgehead atoms. The maximum atomic E-state index is 12.3. The van der Waals surface area contributed by atoms with Crippen LogP contribution in [0.1, 0.15) is 24.0 Å². The van der Waals surface area contributed by atoms with E-state index in [0.29, 0.717) is 5.69 Å². The summed E-state index contributed by atoms with van der Waals surface area (Å²) in [5.41, 5.74) is 3.14. The Morgan fingerprint density at radius 2 is 2.04 bits per heavy atom. The Balaban J connectivity index is 2.07. The van der Waals surface area contributed by atoms with Crippen LogP contribution in [-0.2, 0) is 17.6 Å². The first-order valence-electron chi connectivity index (χ1n) is 7.97. The number of carboxylic acid groups (broad SMARTS) is 1. The van der Waals surface area contributed by atoms with E-state index in [1.807, 2.05) is 24.3 Å². The molecule has 3 N–H and O–H groups in total. The summed E-state index contributed by atoms with van der Waals surface area (Å²) in [5, 5.41) is 22.4. The predicted molar refractivity (Wildman–Crippen MR) is 89.8 cm³/mol. The highest BCUT2D eigenvalue weighted by Crippen LogP contribution is 2.20. The van der Waals surface area contributed by atoms with Crippen LogP contribution in [0.2, 0.25) is 0 Å². The fourth-order valence-corrected chi connectivity index (χ4v) is 2.77. The van der Waals surface area contributed by atoms with Gasteiger partial charge in [-0.15, -0.1) is 0 Å². The van der Waals surface area contributed by atoms with Gasteiger partial charge in [0.25, 0.3) is 0 Å². The molecule has 7 nitrogen and oxygen atoms in total. The standard InChI is InChI=1S/C17H22N4O3/c1-21-9-6-12-4-5-14(11-13(12)7-10-21)19-16(22)15(3-2-8-18)20-17(23)24/h4-5,11,15,20H,2-3,6-7,9-10H2,1H3,(H,19,22)(H,23,24). The average Bonchev–Trinajstić information content (AvgIpc) is 2.73. The maximum absolute atomic E-state index is 12.3. The number of nitrogens with one attached hydrogen (secondary N) is 2. The number of hydrogen-bond acceptors (Lipinski definition) is 4. The minimum Gasteiger partial charge on any atom is -0.465 e. The van der Waals surface area contributed by atoms with E-state index >= 15 is 0 Å². The van der Waals surface area contributed by atoms with Gasteiger partial charge in [-0.2, -0.15) is 5.26 Å². The summed E-state index contributed by atoms with van der Waals surface area (Å²) < 4.78 is 0. The molecule has 2 amide bonds. The molecule has 0 aliphatic carbocycles. The number of anilines is 1. The molecular formula is C17H22N4O3. The highest BCUT2D eigenvalue weighted by atomic mass is 16.4. The van der Waals surface area contributed by atoms with E-state index in [1.54, 1.807) is 0 Å². The van der Waals surface area contributed by atoms with Crippen molar-refractivity contribution >= 4 is 17.7 Å². The van der Waals surface area contributed by atoms with E-state index in [1.165, 1.54) is 11.1 Å². The molecule has 7 heteroatoms. The number of likely N-dealkylation sites (N-methyl/N-ethyl adjacent to an activating group) is 1. The second-order valence-corrected chi connectivity index (χ2v) is 5.97. The van der Waals surface area contributed by atoms with E-state index in [-0.39, 0.29) is 12.8 Å². The number of fused-ring (bicyclic) bond motifs is 1. The van der Waals surface area contributed by atoms with Crippen molar-refractivity contribution < 1.29 is 14.7 Å². The Bertz CT molecular complexity index is 654. The van der Waals surface area contributed by atoms with Crippen molar-refractivity contribution in [1.82, 2.24) is 10.2 Å². The number of hydrogen-bond donors (Lipinski definition) is 3. The summed E-state index contributed by atoms with van der Waals surface area (Å²) in [6.45, 7) is 1.98. The van der Waals surface area contributed by atoms with Crippen LogP contribution < -0.4 is 10.6 Å². The molecule has 0 saturated heterocycles. The Hall–Kier alpha value is -2.59. The summed E-state index contributed by atoms with van der Waals surface area (Å²) in [6, 6.07) is 6.79. The van der Waals surface area contributed by atoms with Gasteiger partial charge in [-0.1, -0.05) is 6.07 Å². The van der Waals surface area contributed by atoms with E-state index in [2.05, 4.69) is 22.6 Å². The van der Waals surface area contributed by atoms with Crippen LogP contribution in [0.15, 0.2) is 18.2 Å². The average molecular weight is 330 g/mol. The lowest BCUT2D eigenvalue weighted by Crippen LogP contribution is -2.43. The van der Waals surface area contributed by atoms with Crippen molar-refractivity contribution in [3.05, 3.63) is 29.3 Å². The van der Waals surface area contributed by atoms with Crippen molar-refractivity contribution in [2.45, 2.75) is 31.7 Å². The Labute approximate surface area is 141 Å². The first-order chi connectivity index (χ1) is 11.5. The molecule has 0 aromatic heterocycles. The van der Waals surface area contributed by atoms with Crippen LogP contribution >= 0.6 is 0 Å². The third kappa shape index (κ3) is 4.96. The first-order valence-corrected chi connectivity index (χ1v) is 7.97. The van der Waals surface area contributed by atoms with Gasteiger partial charge in [0.1, 0.15) is 6.04 Å². The largest absolute Gasteiger partial charge is 0.465 e. The number of benzene rings is 1. The molecule has 1 aliphatic heterocycles. The topological polar surface area (TPSA) is 105 Å². The van der Waals surface area contributed by atoms with Gasteiger partial charge in [-0.3, -0.25) is 4.79 Å². The molecule has 0 fully saturated rings. The molecule has 0 spiro atoms. The molecular weight excluding hydrogens is 308 g/mol. The zero-order chi connectivity index (χ0) is 17.5. The Kier molecular flexibility index (Phi) is 6.15. The van der Waals surface area contributed by atoms with Crippen LogP contribution in [0, 0.1) is 11.3 Å². The third-order valence-electron chi connectivity index (χ3n) is 4.16. The molecule has 1 aromatic carbocycles. The van der Waals surface area contributed by atoms with Crippen LogP contribution in [0.4, 0.5) is 10.5 Å². The van der Waals surface area contributed by atoms with E-state index < -0.39 is 18.0 Å². The van der Waals surface area contributed by atoms with Gasteiger partial charge in [-0.25, -0.2) is 4.79 Å². The monoisotopic (exact) mass is 330 g/mol. The van der Waals surface area contributed by atoms with Crippen LogP contribution in [0.5, 0.6) is 0 Å². The van der Waals surface area contributed by atoms with Gasteiger partial charge in [0, 0.05) is 25.2 Å². The Morgan fingerprint density at radius 1 is 1.33 bits per heavy atom. The summed E-state index contributed by atoms with van der Waals surface area (Å²) in [4.78, 5) is 25.4. The predicted octanol–water partition coefficient (Wildman–Crippen LogP) is 1.60. The van der Waals surface area contributed by atoms with Crippen molar-refractivity contribution in [1.29, 1.82) is 5.26 Å². The molecule has 1 aliphatic rings. The summed E-state index contributed by atoms with van der Waals surface area (Å²) in [6.07, 6.45) is 0.865. The summed E-state index contributed by atoms with van der Waals surface area (Å²) in [5.74, 6) is -0.446. The van der Waals surface area contributed by atoms with Gasteiger partial charge >= 0.3 is 6.09 Å². The maximum Gasteiger partial charge on any atom is 0.405 e. The molecule has 0 saturated carbocycles. The number of rotatable bonds is 5. The molecule has 1 aromatic rings. The van der Waals surface area contributed by atoms with Gasteiger partial charge in [0.15, 0.2) is 0 Å². The second-order valence-electron chi connectivity index (χ2n) is 5.97. The number of nitrogens with zero attached hydrogens (tertiary/aromatic N) is 2. The second kappa shape index (κ2) is 8.31. The smallest absolute Gasteiger partial charge is 0.405 e. The zero-order valence-corrected chi connectivity index (χ0v) is 13.7. The molecule has 1 atom stereocenters. The van der Waals surface area contributed by atoms with Crippen molar-refractivity contribution in [3.8, 4) is 6.07 Å². The highest BCUT2D eigenvalue weighted by Gasteiger charge is 2.21. The Morgan fingerprint density at radius 3 is 2.71 bits per heavy atom. The van der Waals surface area contributed by atoms with Crippen molar-refractivity contribution in [2.24, 2.45) is 0 Å². The molecule has 0 radical (unpaired) electrons. The fourth-order valence-electron chi connectivity index (χ4n) is 2.77. The van der Waals surface area contributed by atoms with Gasteiger partial charge in [-0.05, 0) is 49.6 Å². The van der Waals surface area contributed by atoms with Gasteiger partial charge in [0.2, 0.25) is 5.91 Å². The summed E-state index contributed by atoms with van der Waals surface area (Å²) in [7, 11) is 2.09. The summed E-state index contributed by atoms with van der Waals surface area (Å²) >= 11 is 0. The lowest BCUT2D eigenvalue weighted by atomic mass is 10.0. The number of nitriles is 1. The van der Waals surface area contributed by atoms with Crippen molar-refractivity contribution in [3.63, 3.8) is 0 Å². The van der Waals surface area contributed by atoms with Crippen LogP contribution in [0.3, 0.4) is 0 Å². The minimum atomic E-state index is -1.28. The van der Waals surface area contributed by atoms with Crippen molar-refractivity contribution in [2.75, 3.05) is 25.5 Å². The minimum absolute atomic E-state index is 0.106. The molecule has 24 heavy (non-hydrogen) atoms. The first kappa shape index (κ1) is 17.8. The lowest BCUT2D eigenvalue weighted by Gasteiger charge is -2.16. The number of carbonyl (C=O) groups is 2. The van der Waals surface area contributed by atoms with E-state index in [0.717, 1.165) is 25.9 Å². The normalized spacial score (nSPS) is 15.5. The zero-order valence-electron chi connectivity index (χ0n) is 13.7. The quantitative estimate of drug-likeness (QED) is 0.760. The van der Waals surface area contributed by atoms with Gasteiger partial charge < -0.3 is 20.6 Å². The third-order valence-corrected chi connectivity index (χ3v) is 4.16. The van der Waals surface area contributed by atoms with Crippen LogP contribution in [0.25, 0.3) is 0 Å². The molecule has 1 unspecified atom stereocenters. The molecule has 128 valence electrons.